The van der Waals surface area contributed by atoms with Crippen molar-refractivity contribution in [2.75, 3.05) is 18.4 Å². The van der Waals surface area contributed by atoms with Crippen LogP contribution in [-0.2, 0) is 0 Å². The standard InChI is InChI=1S/C25H29Cl2FN2/c1-3-30-16-21(20-11-8-12-22(27)24(20)28)23(25(30)13-5-4-6-14-25)17(2)29-19-10-7-9-18(26)15-19/h7-12,15,21,23,29H,2-6,13-14,16H2,1H3. The molecule has 0 bridgehead atoms. The van der Waals surface area contributed by atoms with Gasteiger partial charge in [-0.25, -0.2) is 4.39 Å². The fourth-order valence-corrected chi connectivity index (χ4v) is 6.18. The maximum atomic E-state index is 15.1. The van der Waals surface area contributed by atoms with E-state index in [0.717, 1.165) is 37.3 Å². The molecule has 2 unspecified atom stereocenters. The number of anilines is 1. The Morgan fingerprint density at radius 2 is 1.90 bits per heavy atom. The molecule has 1 saturated heterocycles. The Hall–Kier alpha value is -1.55. The van der Waals surface area contributed by atoms with Crippen molar-refractivity contribution >= 4 is 28.9 Å². The zero-order chi connectivity index (χ0) is 21.3. The van der Waals surface area contributed by atoms with Crippen LogP contribution in [0.4, 0.5) is 10.1 Å². The summed E-state index contributed by atoms with van der Waals surface area (Å²) in [6, 6.07) is 13.0. The predicted octanol–water partition coefficient (Wildman–Crippen LogP) is 7.50. The number of benzene rings is 2. The summed E-state index contributed by atoms with van der Waals surface area (Å²) in [5, 5.41) is 4.38. The van der Waals surface area contributed by atoms with Crippen molar-refractivity contribution in [1.29, 1.82) is 0 Å². The summed E-state index contributed by atoms with van der Waals surface area (Å²) in [4.78, 5) is 2.56. The number of nitrogens with zero attached hydrogens (tertiary/aromatic N) is 1. The highest BCUT2D eigenvalue weighted by atomic mass is 35.5. The Kier molecular flexibility index (Phi) is 6.43. The van der Waals surface area contributed by atoms with Crippen molar-refractivity contribution in [3.05, 3.63) is 76.2 Å². The molecule has 5 heteroatoms. The number of rotatable bonds is 5. The lowest BCUT2D eigenvalue weighted by atomic mass is 9.68. The van der Waals surface area contributed by atoms with Crippen LogP contribution in [0, 0.1) is 11.7 Å². The molecule has 1 aliphatic heterocycles. The van der Waals surface area contributed by atoms with E-state index in [9.17, 15) is 0 Å². The van der Waals surface area contributed by atoms with Crippen LogP contribution in [0.15, 0.2) is 54.7 Å². The quantitative estimate of drug-likeness (QED) is 0.511. The first kappa shape index (κ1) is 21.7. The van der Waals surface area contributed by atoms with E-state index in [1.807, 2.05) is 36.4 Å². The number of likely N-dealkylation sites (tertiary alicyclic amines) is 1. The minimum Gasteiger partial charge on any atom is -0.359 e. The van der Waals surface area contributed by atoms with E-state index < -0.39 is 0 Å². The largest absolute Gasteiger partial charge is 0.359 e. The molecule has 0 amide bonds. The lowest BCUT2D eigenvalue weighted by molar-refractivity contribution is 0.0733. The molecule has 2 atom stereocenters. The van der Waals surface area contributed by atoms with Crippen LogP contribution in [0.25, 0.3) is 0 Å². The van der Waals surface area contributed by atoms with Gasteiger partial charge >= 0.3 is 0 Å². The van der Waals surface area contributed by atoms with Gasteiger partial charge in [-0.05, 0) is 49.2 Å². The molecule has 2 fully saturated rings. The number of likely N-dealkylation sites (N-methyl/N-ethyl adjacent to an activating group) is 1. The van der Waals surface area contributed by atoms with Crippen molar-refractivity contribution < 1.29 is 4.39 Å². The highest BCUT2D eigenvalue weighted by molar-refractivity contribution is 6.31. The van der Waals surface area contributed by atoms with E-state index in [1.54, 1.807) is 6.07 Å². The summed E-state index contributed by atoms with van der Waals surface area (Å²) in [5.74, 6) is -0.209. The van der Waals surface area contributed by atoms with Crippen LogP contribution in [0.3, 0.4) is 0 Å². The maximum Gasteiger partial charge on any atom is 0.145 e. The second-order valence-electron chi connectivity index (χ2n) is 8.59. The molecule has 2 aliphatic rings. The monoisotopic (exact) mass is 446 g/mol. The molecule has 2 aromatic carbocycles. The fourth-order valence-electron chi connectivity index (χ4n) is 5.81. The molecule has 4 rings (SSSR count). The predicted molar refractivity (Wildman–Crippen MR) is 125 cm³/mol. The lowest BCUT2D eigenvalue weighted by Crippen LogP contribution is -2.50. The van der Waals surface area contributed by atoms with E-state index >= 15 is 4.39 Å². The van der Waals surface area contributed by atoms with Crippen LogP contribution in [-0.4, -0.2) is 23.5 Å². The average Bonchev–Trinajstić information content (AvgIpc) is 3.03. The van der Waals surface area contributed by atoms with E-state index in [-0.39, 0.29) is 28.2 Å². The fraction of sp³-hybridized carbons (Fsp3) is 0.440. The summed E-state index contributed by atoms with van der Waals surface area (Å²) < 4.78 is 15.1. The second kappa shape index (κ2) is 8.90. The number of hydrogen-bond acceptors (Lipinski definition) is 2. The van der Waals surface area contributed by atoms with Crippen molar-refractivity contribution in [2.45, 2.75) is 50.5 Å². The van der Waals surface area contributed by atoms with Gasteiger partial charge in [0.1, 0.15) is 5.82 Å². The highest BCUT2D eigenvalue weighted by Gasteiger charge is 2.54. The molecule has 160 valence electrons. The minimum atomic E-state index is -0.298. The first-order valence-electron chi connectivity index (χ1n) is 10.9. The third kappa shape index (κ3) is 3.88. The van der Waals surface area contributed by atoms with Gasteiger partial charge in [0.15, 0.2) is 0 Å². The van der Waals surface area contributed by atoms with E-state index in [2.05, 4.69) is 23.7 Å². The summed E-state index contributed by atoms with van der Waals surface area (Å²) in [6.45, 7) is 8.44. The molecule has 0 radical (unpaired) electrons. The summed E-state index contributed by atoms with van der Waals surface area (Å²) >= 11 is 12.4. The van der Waals surface area contributed by atoms with Crippen LogP contribution in [0.1, 0.15) is 50.5 Å². The molecule has 1 N–H and O–H groups in total. The molecule has 30 heavy (non-hydrogen) atoms. The van der Waals surface area contributed by atoms with E-state index in [4.69, 9.17) is 23.2 Å². The molecule has 1 heterocycles. The Morgan fingerprint density at radius 1 is 1.17 bits per heavy atom. The average molecular weight is 447 g/mol. The molecule has 2 aromatic rings. The molecule has 0 aromatic heterocycles. The van der Waals surface area contributed by atoms with E-state index in [0.29, 0.717) is 10.6 Å². The van der Waals surface area contributed by atoms with Crippen LogP contribution in [0.5, 0.6) is 0 Å². The summed E-state index contributed by atoms with van der Waals surface area (Å²) in [6.07, 6.45) is 5.88. The SMILES string of the molecule is C=C(Nc1cccc(Cl)c1)C1C(c2cccc(Cl)c2F)CN(CC)C12CCCCC2. The van der Waals surface area contributed by atoms with Gasteiger partial charge in [-0.1, -0.05) is 74.2 Å². The topological polar surface area (TPSA) is 15.3 Å². The molecular formula is C25H29Cl2FN2. The first-order chi connectivity index (χ1) is 14.5. The zero-order valence-electron chi connectivity index (χ0n) is 17.4. The van der Waals surface area contributed by atoms with Crippen molar-refractivity contribution in [2.24, 2.45) is 5.92 Å². The number of nitrogens with one attached hydrogen (secondary N) is 1. The van der Waals surface area contributed by atoms with Gasteiger partial charge in [0.05, 0.1) is 5.02 Å². The van der Waals surface area contributed by atoms with Gasteiger partial charge in [0, 0.05) is 40.3 Å². The normalized spacial score (nSPS) is 23.6. The molecule has 1 saturated carbocycles. The van der Waals surface area contributed by atoms with E-state index in [1.165, 1.54) is 19.3 Å². The minimum absolute atomic E-state index is 0.000865. The summed E-state index contributed by atoms with van der Waals surface area (Å²) in [7, 11) is 0. The van der Waals surface area contributed by atoms with Crippen LogP contribution < -0.4 is 5.32 Å². The van der Waals surface area contributed by atoms with Gasteiger partial charge in [-0.3, -0.25) is 4.90 Å². The first-order valence-corrected chi connectivity index (χ1v) is 11.6. The van der Waals surface area contributed by atoms with Crippen molar-refractivity contribution in [3.8, 4) is 0 Å². The molecule has 2 nitrogen and oxygen atoms in total. The van der Waals surface area contributed by atoms with Gasteiger partial charge in [-0.15, -0.1) is 0 Å². The highest BCUT2D eigenvalue weighted by Crippen LogP contribution is 2.54. The third-order valence-corrected chi connectivity index (χ3v) is 7.54. The van der Waals surface area contributed by atoms with Gasteiger partial charge in [-0.2, -0.15) is 0 Å². The zero-order valence-corrected chi connectivity index (χ0v) is 18.9. The Morgan fingerprint density at radius 3 is 2.60 bits per heavy atom. The molecule has 1 aliphatic carbocycles. The number of hydrogen-bond donors (Lipinski definition) is 1. The number of halogens is 3. The second-order valence-corrected chi connectivity index (χ2v) is 9.43. The molecule has 1 spiro atoms. The van der Waals surface area contributed by atoms with Crippen LogP contribution in [0.2, 0.25) is 10.0 Å². The van der Waals surface area contributed by atoms with Gasteiger partial charge in [0.25, 0.3) is 0 Å². The molecular weight excluding hydrogens is 418 g/mol. The van der Waals surface area contributed by atoms with Crippen LogP contribution >= 0.6 is 23.2 Å². The lowest BCUT2D eigenvalue weighted by Gasteiger charge is -2.46. The maximum absolute atomic E-state index is 15.1. The Balaban J connectivity index is 1.76. The Bertz CT molecular complexity index is 923. The van der Waals surface area contributed by atoms with Gasteiger partial charge < -0.3 is 5.32 Å². The van der Waals surface area contributed by atoms with Crippen molar-refractivity contribution in [1.82, 2.24) is 4.90 Å². The van der Waals surface area contributed by atoms with Crippen molar-refractivity contribution in [3.63, 3.8) is 0 Å². The third-order valence-electron chi connectivity index (χ3n) is 7.02. The smallest absolute Gasteiger partial charge is 0.145 e. The summed E-state index contributed by atoms with van der Waals surface area (Å²) in [5.41, 5.74) is 2.54. The Labute approximate surface area is 189 Å². The van der Waals surface area contributed by atoms with Gasteiger partial charge in [0.2, 0.25) is 0 Å².